The van der Waals surface area contributed by atoms with Gasteiger partial charge in [0, 0.05) is 12.1 Å². The van der Waals surface area contributed by atoms with Crippen molar-refractivity contribution in [2.45, 2.75) is 25.9 Å². The number of ketones is 2. The van der Waals surface area contributed by atoms with E-state index >= 15 is 0 Å². The van der Waals surface area contributed by atoms with E-state index in [0.717, 1.165) is 0 Å². The van der Waals surface area contributed by atoms with Gasteiger partial charge in [0.15, 0.2) is 0 Å². The summed E-state index contributed by atoms with van der Waals surface area (Å²) in [4.78, 5) is 20.9. The van der Waals surface area contributed by atoms with Gasteiger partial charge in [-0.15, -0.1) is 9.24 Å². The Hall–Kier alpha value is -0.230. The number of Topliss-reactive ketones (excluding diaryl/α,β-unsaturated/α-hetero) is 2. The van der Waals surface area contributed by atoms with Gasteiger partial charge in [-0.05, 0) is 13.8 Å². The maximum atomic E-state index is 10.5. The maximum absolute atomic E-state index is 10.5. The molecule has 0 bridgehead atoms. The van der Waals surface area contributed by atoms with Crippen LogP contribution in [0.1, 0.15) is 20.3 Å². The first-order chi connectivity index (χ1) is 4.04. The highest BCUT2D eigenvalue weighted by Gasteiger charge is 2.08. The van der Waals surface area contributed by atoms with Crippen LogP contribution in [0.4, 0.5) is 0 Å². The minimum atomic E-state index is -0.178. The molecule has 3 heteroatoms. The molecule has 0 aliphatic rings. The third kappa shape index (κ3) is 4.28. The summed E-state index contributed by atoms with van der Waals surface area (Å²) in [6, 6.07) is 0. The van der Waals surface area contributed by atoms with Crippen molar-refractivity contribution in [2.75, 3.05) is 0 Å². The predicted molar refractivity (Wildman–Crippen MR) is 39.5 cm³/mol. The first-order valence-electron chi connectivity index (χ1n) is 2.79. The molecule has 2 atom stereocenters. The molecular formula is C6H11O2P. The molecule has 0 aromatic heterocycles. The van der Waals surface area contributed by atoms with E-state index in [1.807, 2.05) is 0 Å². The molecule has 0 aliphatic carbocycles. The van der Waals surface area contributed by atoms with Crippen molar-refractivity contribution < 1.29 is 9.59 Å². The topological polar surface area (TPSA) is 34.1 Å². The summed E-state index contributed by atoms with van der Waals surface area (Å²) in [6.45, 7) is 2.97. The van der Waals surface area contributed by atoms with Crippen LogP contribution in [0.2, 0.25) is 0 Å². The molecule has 0 aromatic carbocycles. The molecule has 0 amide bonds. The average Bonchev–Trinajstić information content (AvgIpc) is 1.63. The lowest BCUT2D eigenvalue weighted by Crippen LogP contribution is -2.12. The lowest BCUT2D eigenvalue weighted by molar-refractivity contribution is -0.121. The van der Waals surface area contributed by atoms with E-state index in [1.165, 1.54) is 13.8 Å². The van der Waals surface area contributed by atoms with Gasteiger partial charge in [0.1, 0.15) is 11.6 Å². The molecule has 9 heavy (non-hydrogen) atoms. The molecular weight excluding hydrogens is 135 g/mol. The van der Waals surface area contributed by atoms with Gasteiger partial charge in [-0.1, -0.05) is 0 Å². The van der Waals surface area contributed by atoms with Gasteiger partial charge < -0.3 is 0 Å². The Balaban J connectivity index is 3.63. The van der Waals surface area contributed by atoms with Crippen LogP contribution < -0.4 is 0 Å². The molecule has 0 aliphatic heterocycles. The first kappa shape index (κ1) is 8.77. The zero-order chi connectivity index (χ0) is 7.44. The Morgan fingerprint density at radius 2 is 1.89 bits per heavy atom. The quantitative estimate of drug-likeness (QED) is 0.552. The molecule has 0 spiro atoms. The second-order valence-electron chi connectivity index (χ2n) is 2.12. The van der Waals surface area contributed by atoms with Crippen molar-refractivity contribution in [3.63, 3.8) is 0 Å². The van der Waals surface area contributed by atoms with Gasteiger partial charge >= 0.3 is 0 Å². The van der Waals surface area contributed by atoms with E-state index in [1.54, 1.807) is 0 Å². The van der Waals surface area contributed by atoms with Crippen molar-refractivity contribution in [1.29, 1.82) is 0 Å². The van der Waals surface area contributed by atoms with Crippen LogP contribution in [0, 0.1) is 0 Å². The van der Waals surface area contributed by atoms with Crippen LogP contribution in [0.5, 0.6) is 0 Å². The highest BCUT2D eigenvalue weighted by Crippen LogP contribution is 2.06. The zero-order valence-electron chi connectivity index (χ0n) is 5.68. The Morgan fingerprint density at radius 3 is 2.00 bits per heavy atom. The molecule has 2 nitrogen and oxygen atoms in total. The molecule has 52 valence electrons. The van der Waals surface area contributed by atoms with Crippen LogP contribution >= 0.6 is 9.24 Å². The van der Waals surface area contributed by atoms with Crippen LogP contribution in [0.15, 0.2) is 0 Å². The first-order valence-corrected chi connectivity index (χ1v) is 3.46. The third-order valence-electron chi connectivity index (χ3n) is 1.03. The second-order valence-corrected chi connectivity index (χ2v) is 2.93. The molecule has 0 N–H and O–H groups in total. The Morgan fingerprint density at radius 1 is 1.44 bits per heavy atom. The number of carbonyl (C=O) groups is 2. The molecule has 0 rings (SSSR count). The summed E-state index contributed by atoms with van der Waals surface area (Å²) < 4.78 is 0. The van der Waals surface area contributed by atoms with Gasteiger partial charge in [0.05, 0.1) is 0 Å². The van der Waals surface area contributed by atoms with Gasteiger partial charge in [-0.25, -0.2) is 0 Å². The summed E-state index contributed by atoms with van der Waals surface area (Å²) >= 11 is 0. The standard InChI is InChI=1S/C6H11O2P/c1-4(7)3-6(9)5(2)8/h6H,3,9H2,1-2H3. The lowest BCUT2D eigenvalue weighted by atomic mass is 10.2. The van der Waals surface area contributed by atoms with Gasteiger partial charge in [0.25, 0.3) is 0 Å². The molecule has 0 fully saturated rings. The maximum Gasteiger partial charge on any atom is 0.137 e. The molecule has 0 aromatic rings. The fourth-order valence-corrected chi connectivity index (χ4v) is 0.785. The predicted octanol–water partition coefficient (Wildman–Crippen LogP) is 0.798. The van der Waals surface area contributed by atoms with Crippen molar-refractivity contribution >= 4 is 20.8 Å². The van der Waals surface area contributed by atoms with Crippen molar-refractivity contribution in [2.24, 2.45) is 0 Å². The number of hydrogen-bond acceptors (Lipinski definition) is 2. The highest BCUT2D eigenvalue weighted by molar-refractivity contribution is 7.19. The normalized spacial score (nSPS) is 12.8. The van der Waals surface area contributed by atoms with Crippen LogP contribution in [-0.4, -0.2) is 17.2 Å². The smallest absolute Gasteiger partial charge is 0.137 e. The van der Waals surface area contributed by atoms with E-state index in [0.29, 0.717) is 6.42 Å². The summed E-state index contributed by atoms with van der Waals surface area (Å²) in [5.74, 6) is 0.111. The van der Waals surface area contributed by atoms with Crippen molar-refractivity contribution in [1.82, 2.24) is 0 Å². The SMILES string of the molecule is CC(=O)CC(P)C(C)=O. The molecule has 0 radical (unpaired) electrons. The number of hydrogen-bond donors (Lipinski definition) is 0. The highest BCUT2D eigenvalue weighted by atomic mass is 31.0. The molecule has 0 saturated heterocycles. The largest absolute Gasteiger partial charge is 0.300 e. The number of carbonyl (C=O) groups excluding carboxylic acids is 2. The minimum absolute atomic E-state index is 0.0511. The van der Waals surface area contributed by atoms with Crippen LogP contribution in [0.3, 0.4) is 0 Å². The monoisotopic (exact) mass is 146 g/mol. The summed E-state index contributed by atoms with van der Waals surface area (Å²) in [7, 11) is 2.35. The summed E-state index contributed by atoms with van der Waals surface area (Å²) in [6.07, 6.45) is 0.347. The Labute approximate surface area is 57.2 Å². The van der Waals surface area contributed by atoms with E-state index in [2.05, 4.69) is 9.24 Å². The Kier molecular flexibility index (Phi) is 3.64. The van der Waals surface area contributed by atoms with E-state index < -0.39 is 0 Å². The number of rotatable bonds is 3. The van der Waals surface area contributed by atoms with Crippen LogP contribution in [0.25, 0.3) is 0 Å². The van der Waals surface area contributed by atoms with Gasteiger partial charge in [-0.3, -0.25) is 9.59 Å². The van der Waals surface area contributed by atoms with Gasteiger partial charge in [0.2, 0.25) is 0 Å². The van der Waals surface area contributed by atoms with Crippen LogP contribution in [-0.2, 0) is 9.59 Å². The van der Waals surface area contributed by atoms with Crippen molar-refractivity contribution in [3.8, 4) is 0 Å². The summed E-state index contributed by atoms with van der Waals surface area (Å²) in [5, 5.41) is 0. The van der Waals surface area contributed by atoms with Gasteiger partial charge in [-0.2, -0.15) is 0 Å². The molecule has 0 heterocycles. The average molecular weight is 146 g/mol. The Bertz CT molecular complexity index is 131. The second kappa shape index (κ2) is 3.73. The zero-order valence-corrected chi connectivity index (χ0v) is 6.83. The summed E-state index contributed by atoms with van der Waals surface area (Å²) in [5.41, 5.74) is -0.178. The van der Waals surface area contributed by atoms with E-state index in [4.69, 9.17) is 0 Å². The lowest BCUT2D eigenvalue weighted by Gasteiger charge is -2.01. The minimum Gasteiger partial charge on any atom is -0.300 e. The fourth-order valence-electron chi connectivity index (χ4n) is 0.453. The third-order valence-corrected chi connectivity index (χ3v) is 1.73. The van der Waals surface area contributed by atoms with Crippen molar-refractivity contribution in [3.05, 3.63) is 0 Å². The molecule has 2 unspecified atom stereocenters. The van der Waals surface area contributed by atoms with E-state index in [9.17, 15) is 9.59 Å². The van der Waals surface area contributed by atoms with E-state index in [-0.39, 0.29) is 17.2 Å². The molecule has 0 saturated carbocycles. The fraction of sp³-hybridized carbons (Fsp3) is 0.667.